The summed E-state index contributed by atoms with van der Waals surface area (Å²) in [5.74, 6) is 0. The van der Waals surface area contributed by atoms with Gasteiger partial charge in [0.2, 0.25) is 0 Å². The molecule has 2 aromatic rings. The van der Waals surface area contributed by atoms with Crippen molar-refractivity contribution in [1.82, 2.24) is 15.1 Å². The number of rotatable bonds is 6. The highest BCUT2D eigenvalue weighted by atomic mass is 15.3. The summed E-state index contributed by atoms with van der Waals surface area (Å²) in [5.41, 5.74) is 1.53. The molecule has 0 unspecified atom stereocenters. The molecule has 1 aromatic carbocycles. The van der Waals surface area contributed by atoms with Crippen LogP contribution in [0.2, 0.25) is 0 Å². The Morgan fingerprint density at radius 1 is 1.17 bits per heavy atom. The average molecular weight is 243 g/mol. The van der Waals surface area contributed by atoms with Crippen LogP contribution in [0.15, 0.2) is 48.8 Å². The van der Waals surface area contributed by atoms with Gasteiger partial charge in [-0.2, -0.15) is 5.10 Å². The fraction of sp³-hybridized carbons (Fsp3) is 0.400. The second-order valence-corrected chi connectivity index (χ2v) is 5.20. The first-order chi connectivity index (χ1) is 8.68. The molecule has 18 heavy (non-hydrogen) atoms. The Morgan fingerprint density at radius 2 is 1.94 bits per heavy atom. The summed E-state index contributed by atoms with van der Waals surface area (Å²) in [6.07, 6.45) is 3.80. The molecule has 3 heteroatoms. The highest BCUT2D eigenvalue weighted by molar-refractivity contribution is 5.23. The molecule has 0 bridgehead atoms. The van der Waals surface area contributed by atoms with E-state index in [2.05, 4.69) is 54.6 Å². The number of nitrogens with zero attached hydrogens (tertiary/aromatic N) is 2. The summed E-state index contributed by atoms with van der Waals surface area (Å²) >= 11 is 0. The van der Waals surface area contributed by atoms with Crippen LogP contribution in [0.5, 0.6) is 0 Å². The maximum absolute atomic E-state index is 4.19. The minimum Gasteiger partial charge on any atom is -0.314 e. The van der Waals surface area contributed by atoms with Gasteiger partial charge < -0.3 is 5.32 Å². The van der Waals surface area contributed by atoms with Crippen LogP contribution in [-0.4, -0.2) is 22.9 Å². The lowest BCUT2D eigenvalue weighted by Crippen LogP contribution is -2.34. The van der Waals surface area contributed by atoms with Gasteiger partial charge in [0.05, 0.1) is 6.54 Å². The zero-order valence-corrected chi connectivity index (χ0v) is 11.1. The molecule has 0 spiro atoms. The van der Waals surface area contributed by atoms with E-state index in [0.717, 1.165) is 19.6 Å². The molecule has 0 aliphatic rings. The van der Waals surface area contributed by atoms with Crippen molar-refractivity contribution in [3.05, 3.63) is 54.4 Å². The van der Waals surface area contributed by atoms with Crippen LogP contribution < -0.4 is 5.32 Å². The van der Waals surface area contributed by atoms with Gasteiger partial charge in [0.1, 0.15) is 0 Å². The van der Waals surface area contributed by atoms with Crippen LogP contribution in [0.25, 0.3) is 0 Å². The Labute approximate surface area is 109 Å². The number of benzene rings is 1. The van der Waals surface area contributed by atoms with Crippen molar-refractivity contribution in [2.45, 2.75) is 25.8 Å². The Kier molecular flexibility index (Phi) is 4.15. The van der Waals surface area contributed by atoms with Crippen LogP contribution in [-0.2, 0) is 12.0 Å². The van der Waals surface area contributed by atoms with Crippen LogP contribution in [0.3, 0.4) is 0 Å². The minimum atomic E-state index is 0.158. The number of nitrogens with one attached hydrogen (secondary N) is 1. The Morgan fingerprint density at radius 3 is 2.61 bits per heavy atom. The van der Waals surface area contributed by atoms with E-state index in [0.29, 0.717) is 0 Å². The molecule has 0 fully saturated rings. The van der Waals surface area contributed by atoms with E-state index >= 15 is 0 Å². The molecule has 1 heterocycles. The maximum atomic E-state index is 4.19. The summed E-state index contributed by atoms with van der Waals surface area (Å²) in [6.45, 7) is 7.36. The molecule has 1 aromatic heterocycles. The van der Waals surface area contributed by atoms with E-state index < -0.39 is 0 Å². The second kappa shape index (κ2) is 5.83. The van der Waals surface area contributed by atoms with Gasteiger partial charge in [-0.1, -0.05) is 44.2 Å². The smallest absolute Gasteiger partial charge is 0.0533 e. The molecule has 0 radical (unpaired) electrons. The molecule has 0 aliphatic heterocycles. The van der Waals surface area contributed by atoms with Gasteiger partial charge in [0, 0.05) is 30.9 Å². The van der Waals surface area contributed by atoms with Crippen molar-refractivity contribution in [3.63, 3.8) is 0 Å². The van der Waals surface area contributed by atoms with E-state index in [-0.39, 0.29) is 5.41 Å². The van der Waals surface area contributed by atoms with Crippen molar-refractivity contribution in [2.75, 3.05) is 13.1 Å². The molecule has 3 nitrogen and oxygen atoms in total. The van der Waals surface area contributed by atoms with E-state index in [1.807, 2.05) is 23.1 Å². The van der Waals surface area contributed by atoms with E-state index in [9.17, 15) is 0 Å². The van der Waals surface area contributed by atoms with E-state index in [1.54, 1.807) is 0 Å². The Balaban J connectivity index is 1.79. The largest absolute Gasteiger partial charge is 0.314 e. The van der Waals surface area contributed by atoms with Gasteiger partial charge in [0.15, 0.2) is 0 Å². The van der Waals surface area contributed by atoms with Gasteiger partial charge >= 0.3 is 0 Å². The fourth-order valence-corrected chi connectivity index (χ4v) is 2.02. The van der Waals surface area contributed by atoms with Crippen molar-refractivity contribution < 1.29 is 0 Å². The molecule has 96 valence electrons. The Hall–Kier alpha value is -1.61. The normalized spacial score (nSPS) is 11.7. The molecular formula is C15H21N3. The highest BCUT2D eigenvalue weighted by Gasteiger charge is 2.19. The first kappa shape index (κ1) is 12.8. The maximum Gasteiger partial charge on any atom is 0.0533 e. The highest BCUT2D eigenvalue weighted by Crippen LogP contribution is 2.21. The molecule has 0 saturated heterocycles. The number of hydrogen-bond acceptors (Lipinski definition) is 2. The summed E-state index contributed by atoms with van der Waals surface area (Å²) in [6, 6.07) is 12.6. The molecule has 0 atom stereocenters. The molecule has 0 amide bonds. The molecule has 0 aliphatic carbocycles. The fourth-order valence-electron chi connectivity index (χ4n) is 2.02. The third kappa shape index (κ3) is 3.44. The predicted octanol–water partition coefficient (Wildman–Crippen LogP) is 2.45. The van der Waals surface area contributed by atoms with Crippen molar-refractivity contribution in [1.29, 1.82) is 0 Å². The van der Waals surface area contributed by atoms with Gasteiger partial charge in [-0.3, -0.25) is 4.68 Å². The first-order valence-corrected chi connectivity index (χ1v) is 6.42. The van der Waals surface area contributed by atoms with Gasteiger partial charge in [-0.05, 0) is 11.6 Å². The minimum absolute atomic E-state index is 0.158. The van der Waals surface area contributed by atoms with Crippen LogP contribution >= 0.6 is 0 Å². The zero-order chi connectivity index (χ0) is 12.8. The third-order valence-electron chi connectivity index (χ3n) is 3.20. The van der Waals surface area contributed by atoms with Crippen molar-refractivity contribution in [3.8, 4) is 0 Å². The lowest BCUT2D eigenvalue weighted by atomic mass is 9.85. The van der Waals surface area contributed by atoms with E-state index in [4.69, 9.17) is 0 Å². The van der Waals surface area contributed by atoms with Gasteiger partial charge in [-0.25, -0.2) is 0 Å². The second-order valence-electron chi connectivity index (χ2n) is 5.20. The lowest BCUT2D eigenvalue weighted by Gasteiger charge is -2.25. The zero-order valence-electron chi connectivity index (χ0n) is 11.1. The lowest BCUT2D eigenvalue weighted by molar-refractivity contribution is 0.451. The summed E-state index contributed by atoms with van der Waals surface area (Å²) in [4.78, 5) is 0. The van der Waals surface area contributed by atoms with Crippen molar-refractivity contribution >= 4 is 0 Å². The molecule has 2 rings (SSSR count). The first-order valence-electron chi connectivity index (χ1n) is 6.42. The summed E-state index contributed by atoms with van der Waals surface area (Å²) in [7, 11) is 0. The van der Waals surface area contributed by atoms with E-state index in [1.165, 1.54) is 5.56 Å². The summed E-state index contributed by atoms with van der Waals surface area (Å²) < 4.78 is 1.95. The van der Waals surface area contributed by atoms with Gasteiger partial charge in [-0.15, -0.1) is 0 Å². The van der Waals surface area contributed by atoms with Crippen LogP contribution in [0.1, 0.15) is 19.4 Å². The van der Waals surface area contributed by atoms with Gasteiger partial charge in [0.25, 0.3) is 0 Å². The SMILES string of the molecule is CC(C)(CNCCn1cccn1)c1ccccc1. The monoisotopic (exact) mass is 243 g/mol. The van der Waals surface area contributed by atoms with Crippen LogP contribution in [0.4, 0.5) is 0 Å². The third-order valence-corrected chi connectivity index (χ3v) is 3.20. The average Bonchev–Trinajstić information content (AvgIpc) is 2.89. The van der Waals surface area contributed by atoms with Crippen molar-refractivity contribution in [2.24, 2.45) is 0 Å². The topological polar surface area (TPSA) is 29.9 Å². The molecule has 1 N–H and O–H groups in total. The Bertz CT molecular complexity index is 446. The standard InChI is InChI=1S/C15H21N3/c1-15(2,14-7-4-3-5-8-14)13-16-10-12-18-11-6-9-17-18/h3-9,11,16H,10,12-13H2,1-2H3. The summed E-state index contributed by atoms with van der Waals surface area (Å²) in [5, 5.41) is 7.69. The number of aromatic nitrogens is 2. The quantitative estimate of drug-likeness (QED) is 0.790. The van der Waals surface area contributed by atoms with Crippen LogP contribution in [0, 0.1) is 0 Å². The predicted molar refractivity (Wildman–Crippen MR) is 74.6 cm³/mol. The molecule has 0 saturated carbocycles. The number of hydrogen-bond donors (Lipinski definition) is 1. The molecular weight excluding hydrogens is 222 g/mol.